The van der Waals surface area contributed by atoms with E-state index in [-0.39, 0.29) is 0 Å². The number of anilines is 1. The summed E-state index contributed by atoms with van der Waals surface area (Å²) >= 11 is 1.51. The molecule has 1 aliphatic rings. The first-order valence-corrected chi connectivity index (χ1v) is 11.1. The van der Waals surface area contributed by atoms with Crippen molar-refractivity contribution < 1.29 is 0 Å². The molecule has 0 amide bonds. The van der Waals surface area contributed by atoms with E-state index in [0.29, 0.717) is 6.04 Å². The van der Waals surface area contributed by atoms with Crippen molar-refractivity contribution in [3.8, 4) is 0 Å². The monoisotopic (exact) mass is 415 g/mol. The highest BCUT2D eigenvalue weighted by molar-refractivity contribution is 7.09. The van der Waals surface area contributed by atoms with Gasteiger partial charge in [-0.25, -0.2) is 4.98 Å². The van der Waals surface area contributed by atoms with Gasteiger partial charge >= 0.3 is 0 Å². The molecule has 8 heteroatoms. The highest BCUT2D eigenvalue weighted by Crippen LogP contribution is 2.19. The Hall–Kier alpha value is -2.19. The Balaban J connectivity index is 1.45. The van der Waals surface area contributed by atoms with Crippen molar-refractivity contribution in [3.63, 3.8) is 0 Å². The molecule has 7 nitrogen and oxygen atoms in total. The molecule has 158 valence electrons. The predicted octanol–water partition coefficient (Wildman–Crippen LogP) is 2.32. The van der Waals surface area contributed by atoms with E-state index in [1.165, 1.54) is 17.1 Å². The summed E-state index contributed by atoms with van der Waals surface area (Å²) in [6, 6.07) is 11.0. The molecule has 29 heavy (non-hydrogen) atoms. The molecule has 1 unspecified atom stereocenters. The number of hydrogen-bond donors (Lipinski definition) is 1. The van der Waals surface area contributed by atoms with Crippen molar-refractivity contribution in [2.24, 2.45) is 4.99 Å². The summed E-state index contributed by atoms with van der Waals surface area (Å²) < 4.78 is 4.41. The zero-order valence-corrected chi connectivity index (χ0v) is 18.8. The van der Waals surface area contributed by atoms with E-state index < -0.39 is 0 Å². The number of aliphatic imine (C=N–C) groups is 1. The number of nitrogens with zero attached hydrogens (tertiary/aromatic N) is 6. The second-order valence-corrected chi connectivity index (χ2v) is 8.23. The first-order chi connectivity index (χ1) is 14.1. The van der Waals surface area contributed by atoms with Crippen LogP contribution in [0.15, 0.2) is 35.3 Å². The highest BCUT2D eigenvalue weighted by atomic mass is 32.1. The molecule has 1 fully saturated rings. The lowest BCUT2D eigenvalue weighted by Gasteiger charge is -2.36. The summed E-state index contributed by atoms with van der Waals surface area (Å²) in [5.41, 5.74) is 1.34. The van der Waals surface area contributed by atoms with E-state index in [2.05, 4.69) is 85.6 Å². The molecule has 0 spiro atoms. The van der Waals surface area contributed by atoms with Crippen LogP contribution in [0.5, 0.6) is 0 Å². The normalized spacial score (nSPS) is 16.4. The van der Waals surface area contributed by atoms with Crippen LogP contribution >= 0.6 is 11.5 Å². The van der Waals surface area contributed by atoms with Gasteiger partial charge in [-0.1, -0.05) is 37.3 Å². The van der Waals surface area contributed by atoms with Crippen LogP contribution in [-0.2, 0) is 13.0 Å². The summed E-state index contributed by atoms with van der Waals surface area (Å²) in [6.07, 6.45) is 0.893. The summed E-state index contributed by atoms with van der Waals surface area (Å²) in [4.78, 5) is 16.2. The van der Waals surface area contributed by atoms with Crippen LogP contribution < -0.4 is 10.2 Å². The molecule has 0 aliphatic carbocycles. The number of aromatic nitrogens is 2. The molecular weight excluding hydrogens is 382 g/mol. The third-order valence-corrected chi connectivity index (χ3v) is 6.23. The van der Waals surface area contributed by atoms with E-state index in [1.807, 2.05) is 7.05 Å². The van der Waals surface area contributed by atoms with Crippen molar-refractivity contribution in [1.82, 2.24) is 24.5 Å². The van der Waals surface area contributed by atoms with Gasteiger partial charge in [0.05, 0.1) is 0 Å². The fourth-order valence-electron chi connectivity index (χ4n) is 3.38. The lowest BCUT2D eigenvalue weighted by molar-refractivity contribution is 0.246. The minimum absolute atomic E-state index is 0.405. The van der Waals surface area contributed by atoms with E-state index in [9.17, 15) is 0 Å². The van der Waals surface area contributed by atoms with Gasteiger partial charge in [0, 0.05) is 70.3 Å². The zero-order valence-electron chi connectivity index (χ0n) is 18.0. The minimum atomic E-state index is 0.405. The fourth-order valence-corrected chi connectivity index (χ4v) is 4.18. The molecule has 0 radical (unpaired) electrons. The first-order valence-electron chi connectivity index (χ1n) is 10.4. The maximum atomic E-state index is 4.62. The maximum absolute atomic E-state index is 4.62. The van der Waals surface area contributed by atoms with Crippen LogP contribution in [0.3, 0.4) is 0 Å². The molecular formula is C21H33N7S. The summed E-state index contributed by atoms with van der Waals surface area (Å²) in [6.45, 7) is 9.93. The van der Waals surface area contributed by atoms with E-state index in [4.69, 9.17) is 0 Å². The van der Waals surface area contributed by atoms with Gasteiger partial charge in [-0.3, -0.25) is 9.89 Å². The fraction of sp³-hybridized carbons (Fsp3) is 0.571. The topological polar surface area (TPSA) is 59.9 Å². The molecule has 3 rings (SSSR count). The number of piperazine rings is 1. The number of nitrogens with one attached hydrogen (secondary N) is 1. The average Bonchev–Trinajstić information content (AvgIpc) is 3.24. The molecule has 2 heterocycles. The van der Waals surface area contributed by atoms with Gasteiger partial charge in [0.1, 0.15) is 5.82 Å². The van der Waals surface area contributed by atoms with Crippen LogP contribution in [0, 0.1) is 0 Å². The molecule has 0 saturated carbocycles. The van der Waals surface area contributed by atoms with Gasteiger partial charge in [0.25, 0.3) is 0 Å². The standard InChI is InChI=1S/C21H33N7S/c1-5-19-24-21(29-25-19)28-13-11-27(12-14-28)20(22-3)23-15-17(2)26(4)16-18-9-7-6-8-10-18/h6-10,17H,5,11-16H2,1-4H3,(H,22,23). The largest absolute Gasteiger partial charge is 0.355 e. The van der Waals surface area contributed by atoms with Crippen LogP contribution in [0.2, 0.25) is 0 Å². The molecule has 1 aromatic heterocycles. The van der Waals surface area contributed by atoms with Crippen LogP contribution in [0.4, 0.5) is 5.13 Å². The molecule has 1 atom stereocenters. The molecule has 1 saturated heterocycles. The zero-order chi connectivity index (χ0) is 20.6. The summed E-state index contributed by atoms with van der Waals surface area (Å²) in [5.74, 6) is 1.93. The summed E-state index contributed by atoms with van der Waals surface area (Å²) in [7, 11) is 4.04. The lowest BCUT2D eigenvalue weighted by atomic mass is 10.2. The number of rotatable bonds is 7. The van der Waals surface area contributed by atoms with Gasteiger partial charge in [-0.15, -0.1) is 0 Å². The van der Waals surface area contributed by atoms with E-state index in [1.54, 1.807) is 0 Å². The van der Waals surface area contributed by atoms with Gasteiger partial charge < -0.3 is 15.1 Å². The third kappa shape index (κ3) is 5.90. The van der Waals surface area contributed by atoms with Crippen molar-refractivity contribution >= 4 is 22.6 Å². The number of guanidine groups is 1. The summed E-state index contributed by atoms with van der Waals surface area (Å²) in [5, 5.41) is 4.61. The van der Waals surface area contributed by atoms with Crippen LogP contribution in [0.25, 0.3) is 0 Å². The Morgan fingerprint density at radius 2 is 1.97 bits per heavy atom. The Bertz CT molecular complexity index is 768. The minimum Gasteiger partial charge on any atom is -0.355 e. The molecule has 1 N–H and O–H groups in total. The third-order valence-electron chi connectivity index (χ3n) is 5.42. The Labute approximate surface area is 178 Å². The van der Waals surface area contributed by atoms with Gasteiger partial charge in [0.2, 0.25) is 5.13 Å². The molecule has 0 bridgehead atoms. The Morgan fingerprint density at radius 1 is 1.24 bits per heavy atom. The lowest BCUT2D eigenvalue weighted by Crippen LogP contribution is -2.54. The van der Waals surface area contributed by atoms with Crippen LogP contribution in [0.1, 0.15) is 25.2 Å². The van der Waals surface area contributed by atoms with Gasteiger partial charge in [-0.05, 0) is 19.5 Å². The highest BCUT2D eigenvalue weighted by Gasteiger charge is 2.22. The second kappa shape index (κ2) is 10.5. The number of likely N-dealkylation sites (N-methyl/N-ethyl adjacent to an activating group) is 1. The predicted molar refractivity (Wildman–Crippen MR) is 122 cm³/mol. The average molecular weight is 416 g/mol. The Morgan fingerprint density at radius 3 is 2.59 bits per heavy atom. The van der Waals surface area contributed by atoms with E-state index >= 15 is 0 Å². The van der Waals surface area contributed by atoms with Crippen LogP contribution in [-0.4, -0.2) is 78.0 Å². The number of benzene rings is 1. The number of aryl methyl sites for hydroxylation is 1. The Kier molecular flexibility index (Phi) is 7.83. The van der Waals surface area contributed by atoms with Crippen molar-refractivity contribution in [3.05, 3.63) is 41.7 Å². The SMILES string of the molecule is CCc1nsc(N2CCN(C(=NC)NCC(C)N(C)Cc3ccccc3)CC2)n1. The first kappa shape index (κ1) is 21.5. The van der Waals surface area contributed by atoms with Gasteiger partial charge in [-0.2, -0.15) is 4.37 Å². The van der Waals surface area contributed by atoms with Crippen molar-refractivity contribution in [1.29, 1.82) is 0 Å². The van der Waals surface area contributed by atoms with Gasteiger partial charge in [0.15, 0.2) is 5.96 Å². The van der Waals surface area contributed by atoms with E-state index in [0.717, 1.165) is 62.6 Å². The maximum Gasteiger partial charge on any atom is 0.205 e. The number of hydrogen-bond acceptors (Lipinski definition) is 6. The molecule has 2 aromatic rings. The van der Waals surface area contributed by atoms with Crippen molar-refractivity contribution in [2.45, 2.75) is 32.9 Å². The smallest absolute Gasteiger partial charge is 0.205 e. The molecule has 1 aromatic carbocycles. The molecule has 1 aliphatic heterocycles. The second-order valence-electron chi connectivity index (χ2n) is 7.50. The van der Waals surface area contributed by atoms with Crippen molar-refractivity contribution in [2.75, 3.05) is 51.7 Å². The quantitative estimate of drug-likeness (QED) is 0.553.